The van der Waals surface area contributed by atoms with Crippen LogP contribution in [0.1, 0.15) is 54.4 Å². The number of carbonyl (C=O) groups excluding carboxylic acids is 1. The highest BCUT2D eigenvalue weighted by atomic mass is 19.4. The number of piperidine rings is 1. The van der Waals surface area contributed by atoms with E-state index in [4.69, 9.17) is 18.9 Å². The molecule has 168 valence electrons. The summed E-state index contributed by atoms with van der Waals surface area (Å²) < 4.78 is 65.5. The Balaban J connectivity index is 2.08. The maximum absolute atomic E-state index is 14.3. The molecule has 2 heterocycles. The van der Waals surface area contributed by atoms with Gasteiger partial charge in [-0.1, -0.05) is 0 Å². The molecular weight excluding hydrogens is 395 g/mol. The number of fused-ring (bicyclic) bond motifs is 1. The number of halogens is 3. The van der Waals surface area contributed by atoms with Gasteiger partial charge in [0.2, 0.25) is 5.60 Å². The zero-order valence-electron chi connectivity index (χ0n) is 17.8. The molecule has 10 heteroatoms. The molecule has 1 saturated carbocycles. The first-order chi connectivity index (χ1) is 12.9. The number of rotatable bonds is 1. The summed E-state index contributed by atoms with van der Waals surface area (Å²) in [5, 5.41) is 11.2. The van der Waals surface area contributed by atoms with E-state index in [1.807, 2.05) is 0 Å². The van der Waals surface area contributed by atoms with E-state index in [1.165, 1.54) is 14.0 Å². The molecule has 2 aliphatic heterocycles. The van der Waals surface area contributed by atoms with Gasteiger partial charge in [-0.2, -0.15) is 13.2 Å². The number of carbonyl (C=O) groups is 1. The van der Waals surface area contributed by atoms with Crippen molar-refractivity contribution < 1.29 is 42.0 Å². The molecular formula is C19H30F3NO6. The van der Waals surface area contributed by atoms with Gasteiger partial charge in [0.1, 0.15) is 23.4 Å². The van der Waals surface area contributed by atoms with Crippen LogP contribution in [0.15, 0.2) is 0 Å². The Hall–Kier alpha value is -1.10. The van der Waals surface area contributed by atoms with Gasteiger partial charge in [-0.3, -0.25) is 4.90 Å². The second-order valence-electron chi connectivity index (χ2n) is 9.74. The Morgan fingerprint density at radius 3 is 2.10 bits per heavy atom. The van der Waals surface area contributed by atoms with Crippen molar-refractivity contribution >= 4 is 6.09 Å². The van der Waals surface area contributed by atoms with E-state index in [1.54, 1.807) is 34.6 Å². The van der Waals surface area contributed by atoms with Gasteiger partial charge in [-0.05, 0) is 54.4 Å². The summed E-state index contributed by atoms with van der Waals surface area (Å²) in [6.07, 6.45) is -9.03. The fraction of sp³-hybridized carbons (Fsp3) is 0.947. The van der Waals surface area contributed by atoms with Gasteiger partial charge >= 0.3 is 12.3 Å². The molecule has 1 unspecified atom stereocenters. The Kier molecular flexibility index (Phi) is 4.84. The molecule has 7 nitrogen and oxygen atoms in total. The topological polar surface area (TPSA) is 77.5 Å². The van der Waals surface area contributed by atoms with Crippen LogP contribution in [0.5, 0.6) is 0 Å². The van der Waals surface area contributed by atoms with Gasteiger partial charge in [-0.25, -0.2) is 4.79 Å². The molecule has 0 aromatic rings. The molecule has 0 aromatic heterocycles. The predicted molar refractivity (Wildman–Crippen MR) is 95.1 cm³/mol. The van der Waals surface area contributed by atoms with Crippen LogP contribution in [0.2, 0.25) is 0 Å². The quantitative estimate of drug-likeness (QED) is 0.696. The molecule has 0 bridgehead atoms. The first kappa shape index (κ1) is 22.6. The number of alkyl halides is 3. The number of aliphatic hydroxyl groups is 1. The fourth-order valence-corrected chi connectivity index (χ4v) is 4.37. The molecule has 3 fully saturated rings. The second kappa shape index (κ2) is 6.21. The number of amides is 1. The molecule has 3 rings (SSSR count). The van der Waals surface area contributed by atoms with Gasteiger partial charge in [-0.15, -0.1) is 0 Å². The average Bonchev–Trinajstić information content (AvgIpc) is 3.32. The summed E-state index contributed by atoms with van der Waals surface area (Å²) >= 11 is 0. The number of hydrogen-bond acceptors (Lipinski definition) is 6. The highest BCUT2D eigenvalue weighted by molar-refractivity contribution is 5.71. The van der Waals surface area contributed by atoms with E-state index in [-0.39, 0.29) is 19.4 Å². The van der Waals surface area contributed by atoms with Crippen molar-refractivity contribution in [3.63, 3.8) is 0 Å². The first-order valence-corrected chi connectivity index (χ1v) is 9.65. The van der Waals surface area contributed by atoms with Gasteiger partial charge in [0.05, 0.1) is 12.1 Å². The van der Waals surface area contributed by atoms with Gasteiger partial charge in [0, 0.05) is 7.11 Å². The van der Waals surface area contributed by atoms with Crippen molar-refractivity contribution in [3.8, 4) is 0 Å². The number of ether oxygens (including phenoxy) is 4. The minimum absolute atomic E-state index is 0.0259. The SMILES string of the molecule is CO[C@@]1(C)O[C@H]2[C@@H](CN(C(=O)OC(C)(C)C)C3(CC3)C2(O)C(F)(F)F)OC1(C)C. The van der Waals surface area contributed by atoms with E-state index in [0.717, 1.165) is 4.90 Å². The van der Waals surface area contributed by atoms with Crippen molar-refractivity contribution in [2.75, 3.05) is 13.7 Å². The summed E-state index contributed by atoms with van der Waals surface area (Å²) in [6, 6.07) is 0. The fourth-order valence-electron chi connectivity index (χ4n) is 4.37. The summed E-state index contributed by atoms with van der Waals surface area (Å²) in [6.45, 7) is 9.40. The Morgan fingerprint density at radius 1 is 1.14 bits per heavy atom. The second-order valence-corrected chi connectivity index (χ2v) is 9.74. The van der Waals surface area contributed by atoms with Crippen molar-refractivity contribution in [2.45, 2.75) is 101 Å². The molecule has 2 saturated heterocycles. The Labute approximate surface area is 168 Å². The van der Waals surface area contributed by atoms with Crippen LogP contribution in [0.3, 0.4) is 0 Å². The molecule has 4 atom stereocenters. The number of methoxy groups -OCH3 is 1. The van der Waals surface area contributed by atoms with Crippen LogP contribution < -0.4 is 0 Å². The number of likely N-dealkylation sites (tertiary alicyclic amines) is 1. The molecule has 1 aliphatic carbocycles. The number of hydrogen-bond donors (Lipinski definition) is 1. The third kappa shape index (κ3) is 3.14. The molecule has 3 aliphatic rings. The lowest BCUT2D eigenvalue weighted by atomic mass is 9.75. The molecule has 1 amide bonds. The molecule has 0 aromatic carbocycles. The minimum Gasteiger partial charge on any atom is -0.444 e. The Bertz CT molecular complexity index is 686. The summed E-state index contributed by atoms with van der Waals surface area (Å²) in [4.78, 5) is 13.8. The van der Waals surface area contributed by atoms with Gasteiger partial charge in [0.25, 0.3) is 0 Å². The third-order valence-electron chi connectivity index (χ3n) is 6.39. The van der Waals surface area contributed by atoms with Crippen molar-refractivity contribution in [2.24, 2.45) is 0 Å². The van der Waals surface area contributed by atoms with Crippen LogP contribution in [0.25, 0.3) is 0 Å². The predicted octanol–water partition coefficient (Wildman–Crippen LogP) is 2.99. The monoisotopic (exact) mass is 425 g/mol. The lowest BCUT2D eigenvalue weighted by Gasteiger charge is -2.61. The van der Waals surface area contributed by atoms with Crippen LogP contribution in [0, 0.1) is 0 Å². The minimum atomic E-state index is -5.08. The van der Waals surface area contributed by atoms with Crippen LogP contribution in [0.4, 0.5) is 18.0 Å². The zero-order valence-corrected chi connectivity index (χ0v) is 17.8. The maximum atomic E-state index is 14.3. The summed E-state index contributed by atoms with van der Waals surface area (Å²) in [5.74, 6) is -1.53. The largest absolute Gasteiger partial charge is 0.444 e. The van der Waals surface area contributed by atoms with Gasteiger partial charge in [0.15, 0.2) is 5.79 Å². The van der Waals surface area contributed by atoms with E-state index in [9.17, 15) is 23.1 Å². The zero-order chi connectivity index (χ0) is 22.3. The van der Waals surface area contributed by atoms with E-state index >= 15 is 0 Å². The molecule has 1 spiro atoms. The molecule has 29 heavy (non-hydrogen) atoms. The average molecular weight is 425 g/mol. The normalized spacial score (nSPS) is 38.5. The number of nitrogens with zero attached hydrogens (tertiary/aromatic N) is 1. The molecule has 1 N–H and O–H groups in total. The van der Waals surface area contributed by atoms with Crippen molar-refractivity contribution in [1.82, 2.24) is 4.90 Å². The Morgan fingerprint density at radius 2 is 1.69 bits per heavy atom. The highest BCUT2D eigenvalue weighted by Gasteiger charge is 2.82. The lowest BCUT2D eigenvalue weighted by Crippen LogP contribution is -2.82. The van der Waals surface area contributed by atoms with Crippen molar-refractivity contribution in [3.05, 3.63) is 0 Å². The van der Waals surface area contributed by atoms with E-state index in [0.29, 0.717) is 0 Å². The maximum Gasteiger partial charge on any atom is 0.422 e. The highest BCUT2D eigenvalue weighted by Crippen LogP contribution is 2.62. The summed E-state index contributed by atoms with van der Waals surface area (Å²) in [7, 11) is 1.31. The third-order valence-corrected chi connectivity index (χ3v) is 6.39. The molecule has 0 radical (unpaired) electrons. The standard InChI is InChI=1S/C19H30F3NO6/c1-14(2,3)29-13(24)23-10-11-12(28-16(6,26-7)15(4,5)27-11)18(25,19(20,21)22)17(23)8-9-17/h11-12,25H,8-10H2,1-7H3/t11-,12+,16+,18?/m1/s1. The van der Waals surface area contributed by atoms with E-state index in [2.05, 4.69) is 0 Å². The van der Waals surface area contributed by atoms with Crippen molar-refractivity contribution in [1.29, 1.82) is 0 Å². The first-order valence-electron chi connectivity index (χ1n) is 9.65. The van der Waals surface area contributed by atoms with Crippen LogP contribution >= 0.6 is 0 Å². The van der Waals surface area contributed by atoms with Gasteiger partial charge < -0.3 is 24.1 Å². The van der Waals surface area contributed by atoms with E-state index < -0.39 is 52.6 Å². The lowest BCUT2D eigenvalue weighted by molar-refractivity contribution is -0.441. The summed E-state index contributed by atoms with van der Waals surface area (Å²) in [5.41, 5.74) is -7.24. The van der Waals surface area contributed by atoms with Crippen LogP contribution in [-0.2, 0) is 18.9 Å². The van der Waals surface area contributed by atoms with Crippen LogP contribution in [-0.4, -0.2) is 76.3 Å². The smallest absolute Gasteiger partial charge is 0.422 e.